The topological polar surface area (TPSA) is 29.9 Å². The van der Waals surface area contributed by atoms with E-state index in [2.05, 4.69) is 67.1 Å². The molecule has 1 heterocycles. The van der Waals surface area contributed by atoms with Crippen molar-refractivity contribution in [1.29, 1.82) is 0 Å². The summed E-state index contributed by atoms with van der Waals surface area (Å²) in [6.45, 7) is 8.11. The number of nitrogens with one attached hydrogen (secondary N) is 1. The van der Waals surface area contributed by atoms with E-state index in [-0.39, 0.29) is 0 Å². The Kier molecular flexibility index (Phi) is 3.65. The molecular formula is C18H21N3. The number of rotatable bonds is 4. The molecule has 0 aliphatic heterocycles. The van der Waals surface area contributed by atoms with E-state index in [4.69, 9.17) is 4.98 Å². The van der Waals surface area contributed by atoms with Crippen LogP contribution >= 0.6 is 0 Å². The lowest BCUT2D eigenvalue weighted by molar-refractivity contribution is 0.729. The largest absolute Gasteiger partial charge is 0.378 e. The van der Waals surface area contributed by atoms with Gasteiger partial charge in [-0.05, 0) is 56.2 Å². The smallest absolute Gasteiger partial charge is 0.129 e. The lowest BCUT2D eigenvalue weighted by atomic mass is 10.1. The molecule has 21 heavy (non-hydrogen) atoms. The molecule has 2 aromatic carbocycles. The van der Waals surface area contributed by atoms with Gasteiger partial charge in [-0.2, -0.15) is 0 Å². The first-order valence-corrected chi connectivity index (χ1v) is 7.44. The summed E-state index contributed by atoms with van der Waals surface area (Å²) < 4.78 is 2.27. The third kappa shape index (κ3) is 2.64. The van der Waals surface area contributed by atoms with Crippen molar-refractivity contribution < 1.29 is 0 Å². The number of imidazole rings is 1. The summed E-state index contributed by atoms with van der Waals surface area (Å²) in [4.78, 5) is 4.74. The number of nitrogens with zero attached hydrogens (tertiary/aromatic N) is 2. The third-order valence-electron chi connectivity index (χ3n) is 4.01. The van der Waals surface area contributed by atoms with E-state index in [0.717, 1.165) is 30.1 Å². The maximum atomic E-state index is 4.74. The van der Waals surface area contributed by atoms with Gasteiger partial charge in [0.05, 0.1) is 17.6 Å². The molecule has 0 atom stereocenters. The molecule has 0 radical (unpaired) electrons. The highest BCUT2D eigenvalue weighted by Gasteiger charge is 2.08. The Labute approximate surface area is 125 Å². The molecule has 0 saturated carbocycles. The normalized spacial score (nSPS) is 11.0. The molecule has 1 N–H and O–H groups in total. The minimum atomic E-state index is 0.741. The first-order chi connectivity index (χ1) is 10.2. The molecule has 3 heteroatoms. The summed E-state index contributed by atoms with van der Waals surface area (Å²) in [5.41, 5.74) is 6.05. The molecule has 0 aliphatic rings. The van der Waals surface area contributed by atoms with E-state index in [1.165, 1.54) is 16.6 Å². The van der Waals surface area contributed by atoms with E-state index in [1.54, 1.807) is 0 Å². The Morgan fingerprint density at radius 1 is 1.05 bits per heavy atom. The van der Waals surface area contributed by atoms with Crippen molar-refractivity contribution in [3.05, 3.63) is 59.4 Å². The zero-order valence-electron chi connectivity index (χ0n) is 12.9. The number of anilines is 1. The summed E-state index contributed by atoms with van der Waals surface area (Å²) in [6.07, 6.45) is 0. The molecular weight excluding hydrogens is 258 g/mol. The Morgan fingerprint density at radius 2 is 1.86 bits per heavy atom. The van der Waals surface area contributed by atoms with Gasteiger partial charge in [0, 0.05) is 12.2 Å². The molecule has 108 valence electrons. The average Bonchev–Trinajstić information content (AvgIpc) is 2.86. The van der Waals surface area contributed by atoms with Gasteiger partial charge in [0.2, 0.25) is 0 Å². The van der Waals surface area contributed by atoms with Gasteiger partial charge in [-0.1, -0.05) is 18.2 Å². The van der Waals surface area contributed by atoms with E-state index in [9.17, 15) is 0 Å². The predicted molar refractivity (Wildman–Crippen MR) is 88.6 cm³/mol. The maximum absolute atomic E-state index is 4.74. The van der Waals surface area contributed by atoms with Crippen LogP contribution in [0.3, 0.4) is 0 Å². The van der Waals surface area contributed by atoms with Crippen molar-refractivity contribution in [2.45, 2.75) is 33.9 Å². The van der Waals surface area contributed by atoms with Gasteiger partial charge in [-0.25, -0.2) is 4.98 Å². The number of aryl methyl sites for hydroxylation is 3. The Hall–Kier alpha value is -2.29. The second kappa shape index (κ2) is 5.60. The Bertz CT molecular complexity index is 771. The minimum Gasteiger partial charge on any atom is -0.378 e. The van der Waals surface area contributed by atoms with Crippen LogP contribution in [0.5, 0.6) is 0 Å². The van der Waals surface area contributed by atoms with Crippen molar-refractivity contribution in [3.63, 3.8) is 0 Å². The van der Waals surface area contributed by atoms with Crippen LogP contribution in [0.2, 0.25) is 0 Å². The van der Waals surface area contributed by atoms with Crippen LogP contribution in [0.15, 0.2) is 42.5 Å². The van der Waals surface area contributed by atoms with E-state index >= 15 is 0 Å². The van der Waals surface area contributed by atoms with Gasteiger partial charge in [0.25, 0.3) is 0 Å². The molecule has 0 aliphatic carbocycles. The van der Waals surface area contributed by atoms with Crippen molar-refractivity contribution in [1.82, 2.24) is 9.55 Å². The van der Waals surface area contributed by atoms with Gasteiger partial charge in [0.15, 0.2) is 0 Å². The molecule has 0 spiro atoms. The monoisotopic (exact) mass is 279 g/mol. The van der Waals surface area contributed by atoms with Gasteiger partial charge < -0.3 is 9.88 Å². The standard InChI is InChI=1S/C18H21N3/c1-4-21-17-8-6-5-7-16(17)20-18(21)12-19-15-10-9-13(2)14(3)11-15/h5-11,19H,4,12H2,1-3H3. The lowest BCUT2D eigenvalue weighted by Crippen LogP contribution is -2.08. The maximum Gasteiger partial charge on any atom is 0.129 e. The van der Waals surface area contributed by atoms with Gasteiger partial charge in [-0.3, -0.25) is 0 Å². The Balaban J connectivity index is 1.86. The third-order valence-corrected chi connectivity index (χ3v) is 4.01. The van der Waals surface area contributed by atoms with Crippen LogP contribution in [0, 0.1) is 13.8 Å². The SMILES string of the molecule is CCn1c(CNc2ccc(C)c(C)c2)nc2ccccc21. The highest BCUT2D eigenvalue weighted by molar-refractivity contribution is 5.76. The second-order valence-corrected chi connectivity index (χ2v) is 5.41. The number of benzene rings is 2. The van der Waals surface area contributed by atoms with Gasteiger partial charge in [0.1, 0.15) is 5.82 Å². The van der Waals surface area contributed by atoms with Crippen molar-refractivity contribution in [2.75, 3.05) is 5.32 Å². The first-order valence-electron chi connectivity index (χ1n) is 7.44. The number of hydrogen-bond donors (Lipinski definition) is 1. The van der Waals surface area contributed by atoms with Crippen LogP contribution in [0.4, 0.5) is 5.69 Å². The lowest BCUT2D eigenvalue weighted by Gasteiger charge is -2.10. The number of hydrogen-bond acceptors (Lipinski definition) is 2. The molecule has 3 aromatic rings. The van der Waals surface area contributed by atoms with Gasteiger partial charge in [-0.15, -0.1) is 0 Å². The summed E-state index contributed by atoms with van der Waals surface area (Å²) in [6, 6.07) is 14.8. The van der Waals surface area contributed by atoms with Crippen molar-refractivity contribution in [2.24, 2.45) is 0 Å². The zero-order valence-corrected chi connectivity index (χ0v) is 12.9. The number of fused-ring (bicyclic) bond motifs is 1. The zero-order chi connectivity index (χ0) is 14.8. The van der Waals surface area contributed by atoms with Crippen LogP contribution in [-0.4, -0.2) is 9.55 Å². The van der Waals surface area contributed by atoms with Crippen LogP contribution in [0.1, 0.15) is 23.9 Å². The van der Waals surface area contributed by atoms with Crippen LogP contribution in [0.25, 0.3) is 11.0 Å². The minimum absolute atomic E-state index is 0.741. The molecule has 0 unspecified atom stereocenters. The van der Waals surface area contributed by atoms with Crippen molar-refractivity contribution >= 4 is 16.7 Å². The van der Waals surface area contributed by atoms with Gasteiger partial charge >= 0.3 is 0 Å². The Morgan fingerprint density at radius 3 is 2.62 bits per heavy atom. The van der Waals surface area contributed by atoms with Crippen molar-refractivity contribution in [3.8, 4) is 0 Å². The van der Waals surface area contributed by atoms with E-state index < -0.39 is 0 Å². The molecule has 0 bridgehead atoms. The van der Waals surface area contributed by atoms with Crippen LogP contribution in [-0.2, 0) is 13.1 Å². The van der Waals surface area contributed by atoms with E-state index in [1.807, 2.05) is 6.07 Å². The average molecular weight is 279 g/mol. The summed E-state index contributed by atoms with van der Waals surface area (Å²) >= 11 is 0. The molecule has 3 nitrogen and oxygen atoms in total. The number of para-hydroxylation sites is 2. The molecule has 3 rings (SSSR count). The highest BCUT2D eigenvalue weighted by atomic mass is 15.1. The summed E-state index contributed by atoms with van der Waals surface area (Å²) in [5.74, 6) is 1.08. The molecule has 0 fully saturated rings. The predicted octanol–water partition coefficient (Wildman–Crippen LogP) is 4.29. The highest BCUT2D eigenvalue weighted by Crippen LogP contribution is 2.18. The molecule has 0 amide bonds. The fraction of sp³-hybridized carbons (Fsp3) is 0.278. The summed E-state index contributed by atoms with van der Waals surface area (Å²) in [5, 5.41) is 3.48. The fourth-order valence-corrected chi connectivity index (χ4v) is 2.65. The fourth-order valence-electron chi connectivity index (χ4n) is 2.65. The molecule has 1 aromatic heterocycles. The number of aromatic nitrogens is 2. The second-order valence-electron chi connectivity index (χ2n) is 5.41. The first kappa shape index (κ1) is 13.7. The van der Waals surface area contributed by atoms with E-state index in [0.29, 0.717) is 0 Å². The van der Waals surface area contributed by atoms with Crippen LogP contribution < -0.4 is 5.32 Å². The quantitative estimate of drug-likeness (QED) is 0.772. The molecule has 0 saturated heterocycles. The summed E-state index contributed by atoms with van der Waals surface area (Å²) in [7, 11) is 0.